The number of hydrogen-bond donors (Lipinski definition) is 1. The van der Waals surface area contributed by atoms with Crippen LogP contribution in [0.5, 0.6) is 0 Å². The summed E-state index contributed by atoms with van der Waals surface area (Å²) in [7, 11) is 0. The third-order valence-electron chi connectivity index (χ3n) is 2.75. The highest BCUT2D eigenvalue weighted by Gasteiger charge is 1.95. The Balaban J connectivity index is 1.63. The quantitative estimate of drug-likeness (QED) is 0.626. The molecule has 0 aliphatic heterocycles. The third-order valence-corrected chi connectivity index (χ3v) is 2.75. The van der Waals surface area contributed by atoms with Gasteiger partial charge in [-0.3, -0.25) is 4.98 Å². The molecule has 0 unspecified atom stereocenters. The molecule has 3 nitrogen and oxygen atoms in total. The first-order valence-corrected chi connectivity index (χ1v) is 6.15. The first kappa shape index (κ1) is 12.6. The molecule has 0 aliphatic carbocycles. The fourth-order valence-corrected chi connectivity index (χ4v) is 1.73. The van der Waals surface area contributed by atoms with Gasteiger partial charge in [0.2, 0.25) is 0 Å². The zero-order valence-corrected chi connectivity index (χ0v) is 10.4. The van der Waals surface area contributed by atoms with Gasteiger partial charge in [-0.2, -0.15) is 0 Å². The molecule has 2 aromatic rings. The van der Waals surface area contributed by atoms with E-state index in [1.807, 2.05) is 48.8 Å². The average Bonchev–Trinajstić information content (AvgIpc) is 2.42. The molecule has 0 bridgehead atoms. The fraction of sp³-hybridized carbons (Fsp3) is 0.267. The normalized spacial score (nSPS) is 10.4. The molecule has 94 valence electrons. The van der Waals surface area contributed by atoms with E-state index in [1.54, 1.807) is 0 Å². The predicted molar refractivity (Wildman–Crippen MR) is 73.1 cm³/mol. The summed E-state index contributed by atoms with van der Waals surface area (Å²) in [5.74, 6) is 0. The van der Waals surface area contributed by atoms with Crippen LogP contribution in [0.15, 0.2) is 48.8 Å². The molecule has 18 heavy (non-hydrogen) atoms. The molecule has 1 aromatic carbocycles. The van der Waals surface area contributed by atoms with Crippen molar-refractivity contribution in [3.8, 4) is 0 Å². The topological polar surface area (TPSA) is 48.1 Å². The number of nitrogens with two attached hydrogens (primary N) is 1. The van der Waals surface area contributed by atoms with Crippen LogP contribution in [0.3, 0.4) is 0 Å². The maximum absolute atomic E-state index is 5.62. The molecule has 0 spiro atoms. The molecular formula is C15H18N2O. The number of rotatable bonds is 6. The molecule has 1 aromatic heterocycles. The summed E-state index contributed by atoms with van der Waals surface area (Å²) in [6, 6.07) is 11.9. The van der Waals surface area contributed by atoms with Crippen molar-refractivity contribution in [3.63, 3.8) is 0 Å². The fourth-order valence-electron chi connectivity index (χ4n) is 1.73. The lowest BCUT2D eigenvalue weighted by Gasteiger charge is -2.05. The molecular weight excluding hydrogens is 224 g/mol. The summed E-state index contributed by atoms with van der Waals surface area (Å²) in [5.41, 5.74) is 8.88. The second-order valence-corrected chi connectivity index (χ2v) is 4.25. The average molecular weight is 242 g/mol. The van der Waals surface area contributed by atoms with Gasteiger partial charge in [-0.1, -0.05) is 12.1 Å². The Morgan fingerprint density at radius 2 is 1.67 bits per heavy atom. The minimum Gasteiger partial charge on any atom is -0.399 e. The Morgan fingerprint density at radius 3 is 2.39 bits per heavy atom. The number of ether oxygens (including phenoxy) is 1. The summed E-state index contributed by atoms with van der Waals surface area (Å²) < 4.78 is 5.62. The molecule has 0 saturated heterocycles. The Bertz CT molecular complexity index is 454. The van der Waals surface area contributed by atoms with Gasteiger partial charge in [-0.05, 0) is 48.2 Å². The molecule has 1 heterocycles. The van der Waals surface area contributed by atoms with Crippen LogP contribution < -0.4 is 5.73 Å². The molecule has 0 atom stereocenters. The molecule has 0 saturated carbocycles. The second-order valence-electron chi connectivity index (χ2n) is 4.25. The number of aromatic nitrogens is 1. The highest BCUT2D eigenvalue weighted by Crippen LogP contribution is 2.07. The van der Waals surface area contributed by atoms with Crippen LogP contribution in [0, 0.1) is 0 Å². The van der Waals surface area contributed by atoms with E-state index in [-0.39, 0.29) is 0 Å². The lowest BCUT2D eigenvalue weighted by atomic mass is 10.1. The van der Waals surface area contributed by atoms with Gasteiger partial charge in [0.05, 0.1) is 6.61 Å². The number of pyridine rings is 1. The van der Waals surface area contributed by atoms with Gasteiger partial charge in [-0.15, -0.1) is 0 Å². The van der Waals surface area contributed by atoms with Crippen LogP contribution in [-0.2, 0) is 17.8 Å². The maximum Gasteiger partial charge on any atom is 0.0716 e. The first-order valence-electron chi connectivity index (χ1n) is 6.15. The Morgan fingerprint density at radius 1 is 0.944 bits per heavy atom. The van der Waals surface area contributed by atoms with Crippen LogP contribution in [0.1, 0.15) is 17.5 Å². The van der Waals surface area contributed by atoms with Crippen LogP contribution in [-0.4, -0.2) is 11.6 Å². The van der Waals surface area contributed by atoms with Gasteiger partial charge in [0.25, 0.3) is 0 Å². The van der Waals surface area contributed by atoms with Gasteiger partial charge in [0, 0.05) is 24.7 Å². The smallest absolute Gasteiger partial charge is 0.0716 e. The molecule has 3 heteroatoms. The number of aryl methyl sites for hydroxylation is 1. The Hall–Kier alpha value is -1.87. The Kier molecular flexibility index (Phi) is 4.73. The van der Waals surface area contributed by atoms with E-state index in [0.29, 0.717) is 6.61 Å². The van der Waals surface area contributed by atoms with Crippen molar-refractivity contribution in [2.24, 2.45) is 0 Å². The molecule has 2 N–H and O–H groups in total. The molecule has 0 amide bonds. The summed E-state index contributed by atoms with van der Waals surface area (Å²) in [5, 5.41) is 0. The second kappa shape index (κ2) is 6.77. The maximum atomic E-state index is 5.62. The van der Waals surface area contributed by atoms with E-state index < -0.39 is 0 Å². The van der Waals surface area contributed by atoms with Crippen molar-refractivity contribution in [2.45, 2.75) is 19.4 Å². The van der Waals surface area contributed by atoms with E-state index in [4.69, 9.17) is 10.5 Å². The monoisotopic (exact) mass is 242 g/mol. The van der Waals surface area contributed by atoms with Gasteiger partial charge < -0.3 is 10.5 Å². The van der Waals surface area contributed by atoms with E-state index in [9.17, 15) is 0 Å². The van der Waals surface area contributed by atoms with Crippen molar-refractivity contribution in [1.29, 1.82) is 0 Å². The van der Waals surface area contributed by atoms with E-state index in [2.05, 4.69) is 4.98 Å². The zero-order chi connectivity index (χ0) is 12.6. The van der Waals surface area contributed by atoms with Crippen LogP contribution in [0.2, 0.25) is 0 Å². The van der Waals surface area contributed by atoms with E-state index in [1.165, 1.54) is 5.56 Å². The molecule has 0 fully saturated rings. The lowest BCUT2D eigenvalue weighted by Crippen LogP contribution is -1.98. The van der Waals surface area contributed by atoms with Gasteiger partial charge in [0.1, 0.15) is 0 Å². The van der Waals surface area contributed by atoms with Crippen molar-refractivity contribution >= 4 is 5.69 Å². The highest BCUT2D eigenvalue weighted by atomic mass is 16.5. The van der Waals surface area contributed by atoms with Crippen LogP contribution >= 0.6 is 0 Å². The summed E-state index contributed by atoms with van der Waals surface area (Å²) in [6.45, 7) is 1.42. The number of nitrogens with zero attached hydrogens (tertiary/aromatic N) is 1. The third kappa shape index (κ3) is 4.18. The molecule has 0 aliphatic rings. The molecule has 0 radical (unpaired) electrons. The van der Waals surface area contributed by atoms with Crippen molar-refractivity contribution in [2.75, 3.05) is 12.3 Å². The van der Waals surface area contributed by atoms with Crippen LogP contribution in [0.25, 0.3) is 0 Å². The summed E-state index contributed by atoms with van der Waals surface area (Å²) in [6.07, 6.45) is 5.71. The minimum atomic E-state index is 0.649. The van der Waals surface area contributed by atoms with Crippen LogP contribution in [0.4, 0.5) is 5.69 Å². The predicted octanol–water partition coefficient (Wildman–Crippen LogP) is 2.81. The summed E-state index contributed by atoms with van der Waals surface area (Å²) >= 11 is 0. The highest BCUT2D eigenvalue weighted by molar-refractivity contribution is 5.39. The first-order chi connectivity index (χ1) is 8.84. The van der Waals surface area contributed by atoms with Gasteiger partial charge >= 0.3 is 0 Å². The van der Waals surface area contributed by atoms with Gasteiger partial charge in [-0.25, -0.2) is 0 Å². The Labute approximate surface area is 108 Å². The summed E-state index contributed by atoms with van der Waals surface area (Å²) in [4.78, 5) is 4.00. The largest absolute Gasteiger partial charge is 0.399 e. The zero-order valence-electron chi connectivity index (χ0n) is 10.4. The number of benzene rings is 1. The number of hydrogen-bond acceptors (Lipinski definition) is 3. The lowest BCUT2D eigenvalue weighted by molar-refractivity contribution is 0.118. The number of anilines is 1. The van der Waals surface area contributed by atoms with Crippen molar-refractivity contribution in [1.82, 2.24) is 4.98 Å². The van der Waals surface area contributed by atoms with Crippen molar-refractivity contribution in [3.05, 3.63) is 59.9 Å². The standard InChI is InChI=1S/C15H18N2O/c16-15-5-3-14(4-6-15)12-18-11-1-2-13-7-9-17-10-8-13/h3-10H,1-2,11-12,16H2. The molecule has 2 rings (SSSR count). The van der Waals surface area contributed by atoms with Crippen molar-refractivity contribution < 1.29 is 4.74 Å². The van der Waals surface area contributed by atoms with E-state index >= 15 is 0 Å². The van der Waals surface area contributed by atoms with Gasteiger partial charge in [0.15, 0.2) is 0 Å². The minimum absolute atomic E-state index is 0.649. The SMILES string of the molecule is Nc1ccc(COCCCc2ccncc2)cc1. The number of nitrogen functional groups attached to an aromatic ring is 1. The van der Waals surface area contributed by atoms with E-state index in [0.717, 1.165) is 30.7 Å².